The van der Waals surface area contributed by atoms with Gasteiger partial charge in [0.2, 0.25) is 0 Å². The van der Waals surface area contributed by atoms with Crippen molar-refractivity contribution in [2.24, 2.45) is 5.92 Å². The minimum absolute atomic E-state index is 0.167. The van der Waals surface area contributed by atoms with Crippen LogP contribution in [-0.2, 0) is 5.60 Å². The van der Waals surface area contributed by atoms with E-state index in [2.05, 4.69) is 6.92 Å². The Morgan fingerprint density at radius 1 is 1.20 bits per heavy atom. The summed E-state index contributed by atoms with van der Waals surface area (Å²) in [7, 11) is 0. The molecule has 3 nitrogen and oxygen atoms in total. The molecule has 1 N–H and O–H groups in total. The van der Waals surface area contributed by atoms with Gasteiger partial charge in [-0.1, -0.05) is 31.9 Å². The van der Waals surface area contributed by atoms with E-state index in [1.807, 2.05) is 11.8 Å². The van der Waals surface area contributed by atoms with E-state index in [9.17, 15) is 23.1 Å². The highest BCUT2D eigenvalue weighted by molar-refractivity contribution is 5.94. The Morgan fingerprint density at radius 2 is 1.76 bits per heavy atom. The largest absolute Gasteiger partial charge is 0.421 e. The summed E-state index contributed by atoms with van der Waals surface area (Å²) >= 11 is 0. The van der Waals surface area contributed by atoms with Crippen molar-refractivity contribution in [3.05, 3.63) is 35.4 Å². The molecule has 3 unspecified atom stereocenters. The number of rotatable bonds is 4. The maximum atomic E-state index is 12.9. The number of carbonyl (C=O) groups is 1. The molecule has 2 rings (SSSR count). The SMILES string of the molecule is CCN(C(=O)c1ccc(C(C)(O)C(F)(F)F)cc1)C1CCCCC1C. The number of nitrogens with zero attached hydrogens (tertiary/aromatic N) is 1. The van der Waals surface area contributed by atoms with Crippen LogP contribution in [0, 0.1) is 5.92 Å². The molecule has 1 aromatic carbocycles. The molecule has 140 valence electrons. The van der Waals surface area contributed by atoms with Crippen molar-refractivity contribution < 1.29 is 23.1 Å². The van der Waals surface area contributed by atoms with Crippen molar-refractivity contribution in [2.75, 3.05) is 6.54 Å². The molecule has 3 atom stereocenters. The highest BCUT2D eigenvalue weighted by Crippen LogP contribution is 2.38. The first-order chi connectivity index (χ1) is 11.6. The average molecular weight is 357 g/mol. The molecule has 1 saturated carbocycles. The van der Waals surface area contributed by atoms with Crippen molar-refractivity contribution in [1.29, 1.82) is 0 Å². The zero-order chi connectivity index (χ0) is 18.8. The van der Waals surface area contributed by atoms with Gasteiger partial charge in [0, 0.05) is 18.2 Å². The van der Waals surface area contributed by atoms with Crippen molar-refractivity contribution in [3.63, 3.8) is 0 Å². The fourth-order valence-corrected chi connectivity index (χ4v) is 3.56. The smallest absolute Gasteiger partial charge is 0.376 e. The van der Waals surface area contributed by atoms with Gasteiger partial charge in [0.05, 0.1) is 0 Å². The lowest BCUT2D eigenvalue weighted by atomic mass is 9.84. The molecule has 6 heteroatoms. The Labute approximate surface area is 146 Å². The van der Waals surface area contributed by atoms with E-state index >= 15 is 0 Å². The first-order valence-electron chi connectivity index (χ1n) is 8.80. The van der Waals surface area contributed by atoms with Gasteiger partial charge in [-0.3, -0.25) is 4.79 Å². The predicted molar refractivity (Wildman–Crippen MR) is 90.2 cm³/mol. The molecule has 1 amide bonds. The molecule has 1 aliphatic carbocycles. The fraction of sp³-hybridized carbons (Fsp3) is 0.632. The van der Waals surface area contributed by atoms with Crippen LogP contribution in [0.15, 0.2) is 24.3 Å². The minimum atomic E-state index is -4.77. The second-order valence-corrected chi connectivity index (χ2v) is 7.07. The van der Waals surface area contributed by atoms with Crippen LogP contribution in [0.1, 0.15) is 62.4 Å². The number of carbonyl (C=O) groups excluding carboxylic acids is 1. The Kier molecular flexibility index (Phi) is 5.82. The van der Waals surface area contributed by atoms with Crippen LogP contribution in [0.4, 0.5) is 13.2 Å². The van der Waals surface area contributed by atoms with Gasteiger partial charge in [-0.25, -0.2) is 0 Å². The number of benzene rings is 1. The van der Waals surface area contributed by atoms with Gasteiger partial charge < -0.3 is 10.0 Å². The summed E-state index contributed by atoms with van der Waals surface area (Å²) in [5, 5.41) is 9.73. The lowest BCUT2D eigenvalue weighted by Crippen LogP contribution is -2.45. The standard InChI is InChI=1S/C19H26F3NO2/c1-4-23(16-8-6-5-7-13(16)2)17(24)14-9-11-15(12-10-14)18(3,25)19(20,21)22/h9-13,16,25H,4-8H2,1-3H3. The summed E-state index contributed by atoms with van der Waals surface area (Å²) in [5.41, 5.74) is -2.86. The fourth-order valence-electron chi connectivity index (χ4n) is 3.56. The first kappa shape index (κ1) is 19.8. The van der Waals surface area contributed by atoms with Crippen molar-refractivity contribution >= 4 is 5.91 Å². The normalized spacial score (nSPS) is 23.8. The highest BCUT2D eigenvalue weighted by atomic mass is 19.4. The first-order valence-corrected chi connectivity index (χ1v) is 8.80. The van der Waals surface area contributed by atoms with Crippen molar-refractivity contribution in [3.8, 4) is 0 Å². The minimum Gasteiger partial charge on any atom is -0.376 e. The molecule has 25 heavy (non-hydrogen) atoms. The number of aliphatic hydroxyl groups is 1. The maximum Gasteiger partial charge on any atom is 0.421 e. The van der Waals surface area contributed by atoms with Gasteiger partial charge in [0.1, 0.15) is 0 Å². The van der Waals surface area contributed by atoms with Gasteiger partial charge in [-0.2, -0.15) is 13.2 Å². The number of halogens is 3. The third-order valence-corrected chi connectivity index (χ3v) is 5.31. The third kappa shape index (κ3) is 4.00. The molecule has 0 radical (unpaired) electrons. The van der Waals surface area contributed by atoms with E-state index in [-0.39, 0.29) is 17.5 Å². The van der Waals surface area contributed by atoms with Crippen LogP contribution in [0.5, 0.6) is 0 Å². The highest BCUT2D eigenvalue weighted by Gasteiger charge is 2.51. The second kappa shape index (κ2) is 7.36. The number of amides is 1. The molecule has 0 spiro atoms. The topological polar surface area (TPSA) is 40.5 Å². The summed E-state index contributed by atoms with van der Waals surface area (Å²) in [6, 6.07) is 5.27. The van der Waals surface area contributed by atoms with E-state index in [1.54, 1.807) is 0 Å². The molecule has 1 aliphatic rings. The lowest BCUT2D eigenvalue weighted by molar-refractivity contribution is -0.258. The number of alkyl halides is 3. The predicted octanol–water partition coefficient (Wildman–Crippen LogP) is 4.50. The zero-order valence-electron chi connectivity index (χ0n) is 14.9. The van der Waals surface area contributed by atoms with Crippen molar-refractivity contribution in [2.45, 2.75) is 64.3 Å². The van der Waals surface area contributed by atoms with Gasteiger partial charge in [-0.05, 0) is 50.3 Å². The second-order valence-electron chi connectivity index (χ2n) is 7.07. The summed E-state index contributed by atoms with van der Waals surface area (Å²) in [4.78, 5) is 14.6. The van der Waals surface area contributed by atoms with Gasteiger partial charge in [0.25, 0.3) is 5.91 Å². The van der Waals surface area contributed by atoms with Gasteiger partial charge >= 0.3 is 6.18 Å². The molecule has 1 aromatic rings. The van der Waals surface area contributed by atoms with E-state index in [1.165, 1.54) is 30.7 Å². The van der Waals surface area contributed by atoms with E-state index < -0.39 is 11.8 Å². The third-order valence-electron chi connectivity index (χ3n) is 5.31. The summed E-state index contributed by atoms with van der Waals surface area (Å²) in [6.45, 7) is 5.34. The molecule has 0 aliphatic heterocycles. The monoisotopic (exact) mass is 357 g/mol. The van der Waals surface area contributed by atoms with Crippen LogP contribution in [0.3, 0.4) is 0 Å². The Morgan fingerprint density at radius 3 is 2.24 bits per heavy atom. The lowest BCUT2D eigenvalue weighted by Gasteiger charge is -2.38. The average Bonchev–Trinajstić information content (AvgIpc) is 2.56. The Bertz CT molecular complexity index is 596. The molecule has 1 fully saturated rings. The quantitative estimate of drug-likeness (QED) is 0.862. The molecule has 0 heterocycles. The van der Waals surface area contributed by atoms with Crippen LogP contribution >= 0.6 is 0 Å². The summed E-state index contributed by atoms with van der Waals surface area (Å²) < 4.78 is 38.8. The van der Waals surface area contributed by atoms with E-state index in [4.69, 9.17) is 0 Å². The van der Waals surface area contributed by atoms with Crippen molar-refractivity contribution in [1.82, 2.24) is 4.90 Å². The zero-order valence-corrected chi connectivity index (χ0v) is 14.9. The molecular weight excluding hydrogens is 331 g/mol. The van der Waals surface area contributed by atoms with Gasteiger partial charge in [-0.15, -0.1) is 0 Å². The maximum absolute atomic E-state index is 12.9. The summed E-state index contributed by atoms with van der Waals surface area (Å²) in [5.74, 6) is 0.252. The van der Waals surface area contributed by atoms with Crippen LogP contribution < -0.4 is 0 Å². The van der Waals surface area contributed by atoms with Gasteiger partial charge in [0.15, 0.2) is 5.60 Å². The van der Waals surface area contributed by atoms with Crippen LogP contribution in [0.2, 0.25) is 0 Å². The Hall–Kier alpha value is -1.56. The molecule has 0 saturated heterocycles. The molecule has 0 aromatic heterocycles. The summed E-state index contributed by atoms with van der Waals surface area (Å²) in [6.07, 6.45) is -0.467. The van der Waals surface area contributed by atoms with E-state index in [0.29, 0.717) is 24.9 Å². The number of hydrogen-bond acceptors (Lipinski definition) is 2. The van der Waals surface area contributed by atoms with Crippen LogP contribution in [-0.4, -0.2) is 34.7 Å². The van der Waals surface area contributed by atoms with E-state index in [0.717, 1.165) is 19.3 Å². The number of hydrogen-bond donors (Lipinski definition) is 1. The van der Waals surface area contributed by atoms with Crippen LogP contribution in [0.25, 0.3) is 0 Å². The molecular formula is C19H26F3NO2. The Balaban J connectivity index is 2.22. The molecule has 0 bridgehead atoms.